The largest absolute Gasteiger partial charge is 0.463 e. The second-order valence-corrected chi connectivity index (χ2v) is 10.1. The first-order chi connectivity index (χ1) is 14.7. The van der Waals surface area contributed by atoms with Gasteiger partial charge in [-0.3, -0.25) is 4.79 Å². The van der Waals surface area contributed by atoms with E-state index in [4.69, 9.17) is 4.74 Å². The van der Waals surface area contributed by atoms with Gasteiger partial charge >= 0.3 is 0 Å². The Labute approximate surface area is 183 Å². The fourth-order valence-corrected chi connectivity index (χ4v) is 7.03. The van der Waals surface area contributed by atoms with Gasteiger partial charge in [-0.1, -0.05) is 25.0 Å². The van der Waals surface area contributed by atoms with Crippen molar-refractivity contribution < 1.29 is 9.53 Å². The molecule has 1 aromatic carbocycles. The molecule has 2 aliphatic heterocycles. The van der Waals surface area contributed by atoms with Crippen molar-refractivity contribution >= 4 is 29.1 Å². The zero-order chi connectivity index (χ0) is 20.7. The Kier molecular flexibility index (Phi) is 5.82. The van der Waals surface area contributed by atoms with Gasteiger partial charge in [0.15, 0.2) is 0 Å². The van der Waals surface area contributed by atoms with Gasteiger partial charge < -0.3 is 19.9 Å². The maximum absolute atomic E-state index is 11.4. The summed E-state index contributed by atoms with van der Waals surface area (Å²) < 4.78 is 5.79. The quantitative estimate of drug-likeness (QED) is 0.559. The summed E-state index contributed by atoms with van der Waals surface area (Å²) in [4.78, 5) is 17.6. The minimum atomic E-state index is -0.0439. The molecule has 5 atom stereocenters. The molecule has 2 N–H and O–H groups in total. The number of likely N-dealkylation sites (tertiary alicyclic amines) is 1. The van der Waals surface area contributed by atoms with E-state index < -0.39 is 0 Å². The first-order valence-corrected chi connectivity index (χ1v) is 12.6. The number of nitrogens with zero attached hydrogens (tertiary/aromatic N) is 1. The molecule has 1 aliphatic carbocycles. The molecular weight excluding hydrogens is 394 g/mol. The van der Waals surface area contributed by atoms with E-state index in [0.29, 0.717) is 24.3 Å². The summed E-state index contributed by atoms with van der Waals surface area (Å²) in [7, 11) is 2.26. The van der Waals surface area contributed by atoms with Gasteiger partial charge in [-0.15, -0.1) is 11.8 Å². The predicted octanol–water partition coefficient (Wildman–Crippen LogP) is 3.92. The second-order valence-electron chi connectivity index (χ2n) is 9.33. The highest BCUT2D eigenvalue weighted by molar-refractivity contribution is 7.98. The third kappa shape index (κ3) is 3.47. The van der Waals surface area contributed by atoms with Gasteiger partial charge in [0.1, 0.15) is 6.10 Å². The number of carbonyl (C=O) groups excluding carboxylic acids is 1. The van der Waals surface area contributed by atoms with Crippen molar-refractivity contribution in [3.05, 3.63) is 29.3 Å². The molecular formula is C24H33N3O2S. The van der Waals surface area contributed by atoms with Gasteiger partial charge in [0.2, 0.25) is 0 Å². The van der Waals surface area contributed by atoms with E-state index in [2.05, 4.69) is 46.7 Å². The van der Waals surface area contributed by atoms with Crippen LogP contribution in [-0.4, -0.2) is 60.9 Å². The summed E-state index contributed by atoms with van der Waals surface area (Å²) in [6.07, 6.45) is 9.10. The molecule has 3 aliphatic rings. The Hall–Kier alpha value is -1.50. The van der Waals surface area contributed by atoms with Crippen molar-refractivity contribution in [1.82, 2.24) is 15.2 Å². The van der Waals surface area contributed by atoms with Crippen LogP contribution in [0.2, 0.25) is 0 Å². The number of rotatable bonds is 5. The Bertz CT molecular complexity index is 905. The number of nitrogens with one attached hydrogen (secondary N) is 2. The summed E-state index contributed by atoms with van der Waals surface area (Å²) in [5.74, 6) is 0.840. The van der Waals surface area contributed by atoms with Gasteiger partial charge in [0.25, 0.3) is 6.47 Å². The topological polar surface area (TPSA) is 57.4 Å². The average molecular weight is 428 g/mol. The highest BCUT2D eigenvalue weighted by atomic mass is 32.2. The number of hydrogen-bond acceptors (Lipinski definition) is 5. The highest BCUT2D eigenvalue weighted by Crippen LogP contribution is 2.47. The van der Waals surface area contributed by atoms with Gasteiger partial charge in [-0.25, -0.2) is 0 Å². The van der Waals surface area contributed by atoms with Gasteiger partial charge in [0, 0.05) is 41.4 Å². The zero-order valence-electron chi connectivity index (χ0n) is 18.0. The van der Waals surface area contributed by atoms with Crippen LogP contribution in [0.1, 0.15) is 49.1 Å². The van der Waals surface area contributed by atoms with E-state index in [0.717, 1.165) is 32.4 Å². The molecule has 162 valence electrons. The molecule has 0 radical (unpaired) electrons. The standard InChI is InChI=1S/C24H33N3O2S/c1-27-13-15(23(29-14-28)20-8-4-3-5-10-25-20)11-17-16-7-6-9-19-22(16)18(12-21(17)27)24(26-19)30-2/h6-7,9,14-15,17,20-21,23,25-26H,3-5,8,10-13H2,1-2H3/t15?,17-,20?,21-,23?/m0/s1. The fraction of sp³-hybridized carbons (Fsp3) is 0.625. The maximum atomic E-state index is 11.4. The number of hydrogen-bond donors (Lipinski definition) is 2. The minimum Gasteiger partial charge on any atom is -0.463 e. The Morgan fingerprint density at radius 1 is 1.30 bits per heavy atom. The van der Waals surface area contributed by atoms with E-state index in [1.54, 1.807) is 0 Å². The molecule has 5 nitrogen and oxygen atoms in total. The molecule has 5 rings (SSSR count). The van der Waals surface area contributed by atoms with Crippen molar-refractivity contribution in [2.75, 3.05) is 26.4 Å². The number of carbonyl (C=O) groups is 1. The number of ether oxygens (including phenoxy) is 1. The molecule has 30 heavy (non-hydrogen) atoms. The number of fused-ring (bicyclic) bond motifs is 2. The number of aromatic amines is 1. The smallest absolute Gasteiger partial charge is 0.293 e. The number of H-pyrrole nitrogens is 1. The van der Waals surface area contributed by atoms with Crippen LogP contribution in [0.4, 0.5) is 0 Å². The normalized spacial score (nSPS) is 30.5. The first kappa shape index (κ1) is 20.4. The number of benzene rings is 1. The molecule has 0 bridgehead atoms. The van der Waals surface area contributed by atoms with Gasteiger partial charge in [0.05, 0.1) is 5.03 Å². The van der Waals surface area contributed by atoms with Crippen molar-refractivity contribution in [1.29, 1.82) is 0 Å². The Morgan fingerprint density at radius 2 is 2.20 bits per heavy atom. The van der Waals surface area contributed by atoms with E-state index >= 15 is 0 Å². The lowest BCUT2D eigenvalue weighted by Crippen LogP contribution is -2.54. The molecule has 3 unspecified atom stereocenters. The van der Waals surface area contributed by atoms with E-state index in [-0.39, 0.29) is 12.1 Å². The maximum Gasteiger partial charge on any atom is 0.293 e. The van der Waals surface area contributed by atoms with Crippen molar-refractivity contribution in [2.24, 2.45) is 5.92 Å². The number of aromatic nitrogens is 1. The molecule has 2 aromatic rings. The Balaban J connectivity index is 1.48. The molecule has 2 fully saturated rings. The molecule has 2 saturated heterocycles. The summed E-state index contributed by atoms with van der Waals surface area (Å²) in [6, 6.07) is 7.52. The summed E-state index contributed by atoms with van der Waals surface area (Å²) in [6.45, 7) is 2.70. The Morgan fingerprint density at radius 3 is 3.03 bits per heavy atom. The van der Waals surface area contributed by atoms with Gasteiger partial charge in [-0.05, 0) is 62.7 Å². The van der Waals surface area contributed by atoms with Gasteiger partial charge in [-0.2, -0.15) is 0 Å². The van der Waals surface area contributed by atoms with Crippen molar-refractivity contribution in [2.45, 2.75) is 67.7 Å². The summed E-state index contributed by atoms with van der Waals surface area (Å²) in [5.41, 5.74) is 4.23. The van der Waals surface area contributed by atoms with Crippen LogP contribution in [0, 0.1) is 5.92 Å². The van der Waals surface area contributed by atoms with E-state index in [1.165, 1.54) is 46.3 Å². The lowest BCUT2D eigenvalue weighted by molar-refractivity contribution is -0.140. The van der Waals surface area contributed by atoms with Crippen LogP contribution in [0.15, 0.2) is 23.2 Å². The van der Waals surface area contributed by atoms with Crippen LogP contribution in [0.3, 0.4) is 0 Å². The molecule has 6 heteroatoms. The van der Waals surface area contributed by atoms with E-state index in [1.807, 2.05) is 11.8 Å². The molecule has 0 saturated carbocycles. The van der Waals surface area contributed by atoms with Crippen molar-refractivity contribution in [3.63, 3.8) is 0 Å². The average Bonchev–Trinajstić information content (AvgIpc) is 2.93. The molecule has 0 amide bonds. The fourth-order valence-electron chi connectivity index (χ4n) is 6.38. The second kappa shape index (κ2) is 8.56. The first-order valence-electron chi connectivity index (χ1n) is 11.4. The summed E-state index contributed by atoms with van der Waals surface area (Å²) >= 11 is 1.82. The van der Waals surface area contributed by atoms with Crippen LogP contribution in [0.5, 0.6) is 0 Å². The monoisotopic (exact) mass is 427 g/mol. The van der Waals surface area contributed by atoms with Crippen LogP contribution >= 0.6 is 11.8 Å². The van der Waals surface area contributed by atoms with Crippen molar-refractivity contribution in [3.8, 4) is 0 Å². The summed E-state index contributed by atoms with van der Waals surface area (Å²) in [5, 5.41) is 6.44. The molecule has 3 heterocycles. The third-order valence-corrected chi connectivity index (χ3v) is 8.48. The third-order valence-electron chi connectivity index (χ3n) is 7.72. The minimum absolute atomic E-state index is 0.0439. The van der Waals surface area contributed by atoms with E-state index in [9.17, 15) is 4.79 Å². The SMILES string of the molecule is CSc1[nH]c2cccc3c2c1C[C@H]1[C@H]3CC(C(OC=O)C2CCCCCN2)CN1C. The lowest BCUT2D eigenvalue weighted by Gasteiger charge is -2.48. The number of likely N-dealkylation sites (N-methyl/N-ethyl adjacent to an activating group) is 1. The number of thioether (sulfide) groups is 1. The zero-order valence-corrected chi connectivity index (χ0v) is 18.8. The predicted molar refractivity (Wildman–Crippen MR) is 122 cm³/mol. The molecule has 1 aromatic heterocycles. The number of piperidine rings is 1. The van der Waals surface area contributed by atoms with Crippen LogP contribution < -0.4 is 5.32 Å². The van der Waals surface area contributed by atoms with Crippen LogP contribution in [0.25, 0.3) is 10.9 Å². The van der Waals surface area contributed by atoms with Crippen LogP contribution in [-0.2, 0) is 16.0 Å². The lowest BCUT2D eigenvalue weighted by atomic mass is 9.70. The molecule has 0 spiro atoms. The highest BCUT2D eigenvalue weighted by Gasteiger charge is 2.44.